The standard InChI is InChI=1S/C21H32O4/c1-12(22)25-19-5-4-15-14-11-18(24)17-10-13(23)6-8-20(17,2)16(14)7-9-21(15,19)3/h13-17,19,23H,4-11H2,1-3H3/t13?,14-,15-,16+,17?,19?,20+,21-/m0/s1. The molecule has 25 heavy (non-hydrogen) atoms. The lowest BCUT2D eigenvalue weighted by Crippen LogP contribution is -2.57. The minimum atomic E-state index is -0.299. The summed E-state index contributed by atoms with van der Waals surface area (Å²) < 4.78 is 5.68. The Kier molecular flexibility index (Phi) is 4.06. The van der Waals surface area contributed by atoms with E-state index in [4.69, 9.17) is 4.74 Å². The Morgan fingerprint density at radius 3 is 2.48 bits per heavy atom. The molecule has 1 N–H and O–H groups in total. The van der Waals surface area contributed by atoms with Crippen LogP contribution in [0.4, 0.5) is 0 Å². The van der Waals surface area contributed by atoms with Crippen LogP contribution >= 0.6 is 0 Å². The summed E-state index contributed by atoms with van der Waals surface area (Å²) in [6, 6.07) is 0. The van der Waals surface area contributed by atoms with Gasteiger partial charge in [0.2, 0.25) is 0 Å². The Bertz CT molecular complexity index is 586. The molecule has 0 aromatic heterocycles. The summed E-state index contributed by atoms with van der Waals surface area (Å²) in [4.78, 5) is 24.5. The van der Waals surface area contributed by atoms with E-state index < -0.39 is 0 Å². The van der Waals surface area contributed by atoms with E-state index >= 15 is 0 Å². The highest BCUT2D eigenvalue weighted by molar-refractivity contribution is 5.83. The predicted molar refractivity (Wildman–Crippen MR) is 93.7 cm³/mol. The molecular weight excluding hydrogens is 316 g/mol. The fourth-order valence-corrected chi connectivity index (χ4v) is 7.37. The lowest BCUT2D eigenvalue weighted by atomic mass is 9.45. The fourth-order valence-electron chi connectivity index (χ4n) is 7.37. The highest BCUT2D eigenvalue weighted by Gasteiger charge is 2.62. The number of aliphatic hydroxyl groups is 1. The van der Waals surface area contributed by atoms with E-state index in [1.807, 2.05) is 0 Å². The number of aliphatic hydroxyl groups excluding tert-OH is 1. The smallest absolute Gasteiger partial charge is 0.302 e. The zero-order chi connectivity index (χ0) is 18.0. The Morgan fingerprint density at radius 1 is 1.08 bits per heavy atom. The molecule has 4 aliphatic rings. The maximum Gasteiger partial charge on any atom is 0.302 e. The van der Waals surface area contributed by atoms with Crippen LogP contribution < -0.4 is 0 Å². The molecule has 4 nitrogen and oxygen atoms in total. The van der Waals surface area contributed by atoms with Gasteiger partial charge in [-0.15, -0.1) is 0 Å². The lowest BCUT2D eigenvalue weighted by molar-refractivity contribution is -0.169. The maximum atomic E-state index is 13.0. The van der Waals surface area contributed by atoms with Gasteiger partial charge in [-0.25, -0.2) is 0 Å². The van der Waals surface area contributed by atoms with Crippen molar-refractivity contribution in [2.75, 3.05) is 0 Å². The molecule has 4 heteroatoms. The quantitative estimate of drug-likeness (QED) is 0.737. The number of hydrogen-bond acceptors (Lipinski definition) is 4. The Labute approximate surface area is 150 Å². The molecule has 0 aliphatic heterocycles. The van der Waals surface area contributed by atoms with E-state index in [2.05, 4.69) is 13.8 Å². The van der Waals surface area contributed by atoms with Crippen molar-refractivity contribution in [3.05, 3.63) is 0 Å². The van der Waals surface area contributed by atoms with Gasteiger partial charge in [0, 0.05) is 24.7 Å². The number of carbonyl (C=O) groups excluding carboxylic acids is 2. The SMILES string of the molecule is CC(=O)OC1CC[C@H]2[C@@H]3CC(=O)C4CC(O)CC[C@]4(C)[C@@H]3CC[C@]12C. The number of ether oxygens (including phenoxy) is 1. The molecule has 0 radical (unpaired) electrons. The van der Waals surface area contributed by atoms with Gasteiger partial charge >= 0.3 is 5.97 Å². The normalized spacial score (nSPS) is 52.1. The molecule has 0 bridgehead atoms. The first-order valence-corrected chi connectivity index (χ1v) is 10.1. The van der Waals surface area contributed by atoms with Crippen molar-refractivity contribution in [3.63, 3.8) is 0 Å². The molecule has 0 heterocycles. The van der Waals surface area contributed by atoms with Crippen molar-refractivity contribution >= 4 is 11.8 Å². The number of ketones is 1. The number of carbonyl (C=O) groups is 2. The summed E-state index contributed by atoms with van der Waals surface area (Å²) in [5.41, 5.74) is 0.0879. The van der Waals surface area contributed by atoms with Crippen LogP contribution in [0.3, 0.4) is 0 Å². The first-order valence-electron chi connectivity index (χ1n) is 10.1. The monoisotopic (exact) mass is 348 g/mol. The number of Topliss-reactive ketones (excluding diaryl/α,β-unsaturated/α-hetero) is 1. The number of rotatable bonds is 1. The molecule has 4 saturated carbocycles. The minimum absolute atomic E-state index is 0.0183. The largest absolute Gasteiger partial charge is 0.462 e. The third kappa shape index (κ3) is 2.50. The van der Waals surface area contributed by atoms with E-state index in [0.29, 0.717) is 36.4 Å². The van der Waals surface area contributed by atoms with Crippen molar-refractivity contribution in [3.8, 4) is 0 Å². The van der Waals surface area contributed by atoms with Crippen LogP contribution in [-0.2, 0) is 14.3 Å². The van der Waals surface area contributed by atoms with Crippen LogP contribution in [0.15, 0.2) is 0 Å². The molecule has 0 aromatic rings. The van der Waals surface area contributed by atoms with Crippen LogP contribution in [-0.4, -0.2) is 29.1 Å². The van der Waals surface area contributed by atoms with Gasteiger partial charge in [-0.2, -0.15) is 0 Å². The molecular formula is C21H32O4. The second-order valence-electron chi connectivity index (χ2n) is 9.75. The van der Waals surface area contributed by atoms with Gasteiger partial charge in [0.05, 0.1) is 6.10 Å². The lowest BCUT2D eigenvalue weighted by Gasteiger charge is -2.59. The maximum absolute atomic E-state index is 13.0. The van der Waals surface area contributed by atoms with Gasteiger partial charge < -0.3 is 9.84 Å². The summed E-state index contributed by atoms with van der Waals surface area (Å²) in [5, 5.41) is 10.1. The van der Waals surface area contributed by atoms with Crippen LogP contribution in [0.2, 0.25) is 0 Å². The highest BCUT2D eigenvalue weighted by atomic mass is 16.5. The van der Waals surface area contributed by atoms with Gasteiger partial charge in [-0.3, -0.25) is 9.59 Å². The third-order valence-electron chi connectivity index (χ3n) is 8.65. The second-order valence-corrected chi connectivity index (χ2v) is 9.75. The second kappa shape index (κ2) is 5.80. The molecule has 0 spiro atoms. The molecule has 4 rings (SSSR count). The van der Waals surface area contributed by atoms with Crippen molar-refractivity contribution in [2.24, 2.45) is 34.5 Å². The predicted octanol–water partition coefficient (Wildman–Crippen LogP) is 3.50. The number of hydrogen-bond donors (Lipinski definition) is 1. The van der Waals surface area contributed by atoms with Gasteiger partial charge in [0.1, 0.15) is 11.9 Å². The summed E-state index contributed by atoms with van der Waals surface area (Å²) in [6.45, 7) is 6.11. The topological polar surface area (TPSA) is 63.6 Å². The fraction of sp³-hybridized carbons (Fsp3) is 0.905. The zero-order valence-electron chi connectivity index (χ0n) is 15.8. The van der Waals surface area contributed by atoms with E-state index in [1.165, 1.54) is 6.92 Å². The summed E-state index contributed by atoms with van der Waals surface area (Å²) in [6.07, 6.45) is 7.10. The van der Waals surface area contributed by atoms with Gasteiger partial charge in [0.25, 0.3) is 0 Å². The summed E-state index contributed by atoms with van der Waals surface area (Å²) in [5.74, 6) is 1.75. The molecule has 3 unspecified atom stereocenters. The van der Waals surface area contributed by atoms with Crippen LogP contribution in [0.1, 0.15) is 72.1 Å². The van der Waals surface area contributed by atoms with Crippen molar-refractivity contribution in [1.82, 2.24) is 0 Å². The first-order chi connectivity index (χ1) is 11.8. The molecule has 0 aromatic carbocycles. The average Bonchev–Trinajstić information content (AvgIpc) is 2.86. The van der Waals surface area contributed by atoms with E-state index in [9.17, 15) is 14.7 Å². The van der Waals surface area contributed by atoms with Crippen molar-refractivity contribution < 1.29 is 19.4 Å². The van der Waals surface area contributed by atoms with Gasteiger partial charge in [0.15, 0.2) is 0 Å². The zero-order valence-corrected chi connectivity index (χ0v) is 15.8. The van der Waals surface area contributed by atoms with Crippen LogP contribution in [0.25, 0.3) is 0 Å². The summed E-state index contributed by atoms with van der Waals surface area (Å²) >= 11 is 0. The minimum Gasteiger partial charge on any atom is -0.462 e. The molecule has 0 amide bonds. The van der Waals surface area contributed by atoms with Crippen LogP contribution in [0.5, 0.6) is 0 Å². The number of fused-ring (bicyclic) bond motifs is 5. The van der Waals surface area contributed by atoms with E-state index in [0.717, 1.165) is 38.5 Å². The Morgan fingerprint density at radius 2 is 1.76 bits per heavy atom. The van der Waals surface area contributed by atoms with E-state index in [1.54, 1.807) is 0 Å². The number of esters is 1. The molecule has 4 fully saturated rings. The van der Waals surface area contributed by atoms with Crippen LogP contribution in [0, 0.1) is 34.5 Å². The molecule has 140 valence electrons. The Balaban J connectivity index is 1.62. The third-order valence-corrected chi connectivity index (χ3v) is 8.65. The van der Waals surface area contributed by atoms with E-state index in [-0.39, 0.29) is 34.9 Å². The van der Waals surface area contributed by atoms with Crippen molar-refractivity contribution in [2.45, 2.75) is 84.3 Å². The molecule has 4 aliphatic carbocycles. The first kappa shape index (κ1) is 17.5. The molecule has 0 saturated heterocycles. The van der Waals surface area contributed by atoms with Gasteiger partial charge in [-0.05, 0) is 68.1 Å². The van der Waals surface area contributed by atoms with Gasteiger partial charge in [-0.1, -0.05) is 13.8 Å². The highest BCUT2D eigenvalue weighted by Crippen LogP contribution is 2.65. The Hall–Kier alpha value is -0.900. The summed E-state index contributed by atoms with van der Waals surface area (Å²) in [7, 11) is 0. The average molecular weight is 348 g/mol. The molecule has 8 atom stereocenters. The van der Waals surface area contributed by atoms with Crippen molar-refractivity contribution in [1.29, 1.82) is 0 Å².